The second kappa shape index (κ2) is 4.81. The Hall–Kier alpha value is -1.81. The van der Waals surface area contributed by atoms with Crippen molar-refractivity contribution in [2.45, 2.75) is 6.42 Å². The molecule has 0 fully saturated rings. The summed E-state index contributed by atoms with van der Waals surface area (Å²) in [5.41, 5.74) is 7.52. The van der Waals surface area contributed by atoms with E-state index in [1.165, 1.54) is 0 Å². The van der Waals surface area contributed by atoms with Crippen molar-refractivity contribution < 1.29 is 9.26 Å². The first-order valence-corrected chi connectivity index (χ1v) is 5.13. The number of hydrogen-bond acceptors (Lipinski definition) is 4. The molecule has 2 aromatic rings. The Bertz CT molecular complexity index is 466. The zero-order valence-corrected chi connectivity index (χ0v) is 9.14. The molecule has 2 rings (SSSR count). The second-order valence-electron chi connectivity index (χ2n) is 3.43. The Morgan fingerprint density at radius 3 is 3.06 bits per heavy atom. The van der Waals surface area contributed by atoms with Crippen molar-refractivity contribution in [1.82, 2.24) is 5.16 Å². The fourth-order valence-electron chi connectivity index (χ4n) is 1.60. The number of ether oxygens (including phenoxy) is 1. The third-order valence-corrected chi connectivity index (χ3v) is 2.40. The van der Waals surface area contributed by atoms with E-state index in [0.717, 1.165) is 22.6 Å². The Kier molecular flexibility index (Phi) is 3.22. The molecule has 0 amide bonds. The van der Waals surface area contributed by atoms with E-state index in [1.807, 2.05) is 24.3 Å². The monoisotopic (exact) mass is 218 g/mol. The molecule has 0 atom stereocenters. The third kappa shape index (κ3) is 2.06. The van der Waals surface area contributed by atoms with Crippen molar-refractivity contribution in [1.29, 1.82) is 0 Å². The number of nitrogens with zero attached hydrogens (tertiary/aromatic N) is 1. The van der Waals surface area contributed by atoms with Gasteiger partial charge in [0.25, 0.3) is 0 Å². The highest BCUT2D eigenvalue weighted by molar-refractivity contribution is 5.66. The molecule has 1 aromatic heterocycles. The van der Waals surface area contributed by atoms with Crippen molar-refractivity contribution in [3.8, 4) is 16.9 Å². The molecule has 0 unspecified atom stereocenters. The maximum absolute atomic E-state index is 5.51. The number of aromatic nitrogens is 1. The molecule has 0 saturated heterocycles. The van der Waals surface area contributed by atoms with Crippen LogP contribution in [0.3, 0.4) is 0 Å². The topological polar surface area (TPSA) is 61.3 Å². The van der Waals surface area contributed by atoms with Gasteiger partial charge in [-0.2, -0.15) is 0 Å². The van der Waals surface area contributed by atoms with E-state index in [2.05, 4.69) is 5.16 Å². The van der Waals surface area contributed by atoms with Crippen LogP contribution in [0.15, 0.2) is 35.0 Å². The third-order valence-electron chi connectivity index (χ3n) is 2.40. The van der Waals surface area contributed by atoms with Gasteiger partial charge >= 0.3 is 0 Å². The second-order valence-corrected chi connectivity index (χ2v) is 3.43. The summed E-state index contributed by atoms with van der Waals surface area (Å²) in [6.07, 6.45) is 2.40. The summed E-state index contributed by atoms with van der Waals surface area (Å²) < 4.78 is 10.3. The molecule has 0 aliphatic heterocycles. The summed E-state index contributed by atoms with van der Waals surface area (Å²) in [6.45, 7) is 0.548. The van der Waals surface area contributed by atoms with Gasteiger partial charge in [-0.15, -0.1) is 0 Å². The molecule has 0 aliphatic rings. The fraction of sp³-hybridized carbons (Fsp3) is 0.250. The largest absolute Gasteiger partial charge is 0.497 e. The van der Waals surface area contributed by atoms with Gasteiger partial charge < -0.3 is 15.0 Å². The van der Waals surface area contributed by atoms with E-state index in [0.29, 0.717) is 13.0 Å². The van der Waals surface area contributed by atoms with E-state index in [-0.39, 0.29) is 0 Å². The predicted octanol–water partition coefficient (Wildman–Crippen LogP) is 1.85. The van der Waals surface area contributed by atoms with Crippen LogP contribution in [-0.4, -0.2) is 18.8 Å². The van der Waals surface area contributed by atoms with Gasteiger partial charge in [-0.1, -0.05) is 17.3 Å². The number of benzene rings is 1. The summed E-state index contributed by atoms with van der Waals surface area (Å²) in [4.78, 5) is 0. The lowest BCUT2D eigenvalue weighted by Crippen LogP contribution is -2.02. The van der Waals surface area contributed by atoms with Crippen molar-refractivity contribution in [2.75, 3.05) is 13.7 Å². The molecule has 0 bridgehead atoms. The van der Waals surface area contributed by atoms with E-state index in [9.17, 15) is 0 Å². The molecule has 0 radical (unpaired) electrons. The van der Waals surface area contributed by atoms with Crippen LogP contribution in [0.1, 0.15) is 5.76 Å². The highest BCUT2D eigenvalue weighted by Crippen LogP contribution is 2.26. The van der Waals surface area contributed by atoms with Crippen molar-refractivity contribution >= 4 is 0 Å². The van der Waals surface area contributed by atoms with Crippen LogP contribution < -0.4 is 10.5 Å². The van der Waals surface area contributed by atoms with Crippen molar-refractivity contribution in [3.63, 3.8) is 0 Å². The maximum Gasteiger partial charge on any atom is 0.145 e. The molecular weight excluding hydrogens is 204 g/mol. The smallest absolute Gasteiger partial charge is 0.145 e. The Labute approximate surface area is 94.0 Å². The minimum atomic E-state index is 0.548. The van der Waals surface area contributed by atoms with Crippen LogP contribution in [0.5, 0.6) is 5.75 Å². The van der Waals surface area contributed by atoms with Crippen LogP contribution in [0.2, 0.25) is 0 Å². The predicted molar refractivity (Wildman–Crippen MR) is 61.2 cm³/mol. The summed E-state index contributed by atoms with van der Waals surface area (Å²) in [7, 11) is 1.65. The molecule has 0 saturated carbocycles. The molecule has 16 heavy (non-hydrogen) atoms. The average molecular weight is 218 g/mol. The molecule has 0 spiro atoms. The minimum absolute atomic E-state index is 0.548. The van der Waals surface area contributed by atoms with E-state index < -0.39 is 0 Å². The zero-order valence-electron chi connectivity index (χ0n) is 9.14. The van der Waals surface area contributed by atoms with Gasteiger partial charge in [0.1, 0.15) is 11.5 Å². The lowest BCUT2D eigenvalue weighted by atomic mass is 10.1. The Morgan fingerprint density at radius 1 is 1.44 bits per heavy atom. The van der Waals surface area contributed by atoms with Crippen LogP contribution in [0, 0.1) is 0 Å². The summed E-state index contributed by atoms with van der Waals surface area (Å²) in [5, 5.41) is 3.80. The number of rotatable bonds is 4. The lowest BCUT2D eigenvalue weighted by molar-refractivity contribution is 0.385. The van der Waals surface area contributed by atoms with Crippen LogP contribution in [-0.2, 0) is 6.42 Å². The van der Waals surface area contributed by atoms with E-state index in [4.69, 9.17) is 15.0 Å². The average Bonchev–Trinajstić information content (AvgIpc) is 2.78. The molecule has 4 nitrogen and oxygen atoms in total. The van der Waals surface area contributed by atoms with Gasteiger partial charge in [0.05, 0.1) is 13.3 Å². The molecule has 0 aliphatic carbocycles. The van der Waals surface area contributed by atoms with Crippen LogP contribution in [0.25, 0.3) is 11.1 Å². The van der Waals surface area contributed by atoms with Crippen molar-refractivity contribution in [2.24, 2.45) is 5.73 Å². The van der Waals surface area contributed by atoms with Gasteiger partial charge in [0.15, 0.2) is 0 Å². The van der Waals surface area contributed by atoms with Gasteiger partial charge in [-0.3, -0.25) is 0 Å². The zero-order chi connectivity index (χ0) is 11.4. The van der Waals surface area contributed by atoms with E-state index >= 15 is 0 Å². The highest BCUT2D eigenvalue weighted by atomic mass is 16.5. The maximum atomic E-state index is 5.51. The van der Waals surface area contributed by atoms with Crippen molar-refractivity contribution in [3.05, 3.63) is 36.2 Å². The first-order chi connectivity index (χ1) is 7.85. The summed E-state index contributed by atoms with van der Waals surface area (Å²) >= 11 is 0. The first-order valence-electron chi connectivity index (χ1n) is 5.13. The molecule has 2 N–H and O–H groups in total. The quantitative estimate of drug-likeness (QED) is 0.850. The number of methoxy groups -OCH3 is 1. The molecule has 84 valence electrons. The van der Waals surface area contributed by atoms with Crippen LogP contribution >= 0.6 is 0 Å². The molecule has 1 aromatic carbocycles. The summed E-state index contributed by atoms with van der Waals surface area (Å²) in [6, 6.07) is 7.79. The Morgan fingerprint density at radius 2 is 2.31 bits per heavy atom. The fourth-order valence-corrected chi connectivity index (χ4v) is 1.60. The van der Waals surface area contributed by atoms with Crippen LogP contribution in [0.4, 0.5) is 0 Å². The van der Waals surface area contributed by atoms with E-state index in [1.54, 1.807) is 13.3 Å². The summed E-state index contributed by atoms with van der Waals surface area (Å²) in [5.74, 6) is 1.63. The molecule has 4 heteroatoms. The normalized spacial score (nSPS) is 10.4. The highest BCUT2D eigenvalue weighted by Gasteiger charge is 2.09. The SMILES string of the molecule is COc1cccc(-c2cnoc2CCN)c1. The minimum Gasteiger partial charge on any atom is -0.497 e. The number of nitrogens with two attached hydrogens (primary N) is 1. The van der Waals surface area contributed by atoms with Gasteiger partial charge in [0, 0.05) is 12.0 Å². The lowest BCUT2D eigenvalue weighted by Gasteiger charge is -2.03. The standard InChI is InChI=1S/C12H14N2O2/c1-15-10-4-2-3-9(7-10)11-8-14-16-12(11)5-6-13/h2-4,7-8H,5-6,13H2,1H3. The number of hydrogen-bond donors (Lipinski definition) is 1. The van der Waals surface area contributed by atoms with Gasteiger partial charge in [-0.25, -0.2) is 0 Å². The Balaban J connectivity index is 2.37. The molecular formula is C12H14N2O2. The van der Waals surface area contributed by atoms with Gasteiger partial charge in [-0.05, 0) is 24.2 Å². The van der Waals surface area contributed by atoms with Gasteiger partial charge in [0.2, 0.25) is 0 Å². The first kappa shape index (κ1) is 10.7. The molecule has 1 heterocycles.